The molecule has 0 aromatic carbocycles. The molecule has 0 aliphatic carbocycles. The molecule has 0 spiro atoms. The molecule has 0 radical (unpaired) electrons. The van der Waals surface area contributed by atoms with Gasteiger partial charge in [-0.15, -0.1) is 0 Å². The first-order chi connectivity index (χ1) is 37.5. The molecule has 0 amide bonds. The highest BCUT2D eigenvalue weighted by atomic mass is 16.6. The summed E-state index contributed by atoms with van der Waals surface area (Å²) in [5.41, 5.74) is 0. The number of carbonyl (C=O) groups excluding carboxylic acids is 3. The lowest BCUT2D eigenvalue weighted by Gasteiger charge is -2.18. The molecule has 0 saturated carbocycles. The molecule has 0 aliphatic heterocycles. The van der Waals surface area contributed by atoms with Crippen LogP contribution in [-0.4, -0.2) is 37.2 Å². The number of allylic oxidation sites excluding steroid dienone is 14. The summed E-state index contributed by atoms with van der Waals surface area (Å²) < 4.78 is 16.9. The second-order valence-electron chi connectivity index (χ2n) is 21.6. The van der Waals surface area contributed by atoms with Gasteiger partial charge in [-0.05, 0) is 109 Å². The quantitative estimate of drug-likeness (QED) is 0.0261. The van der Waals surface area contributed by atoms with Crippen LogP contribution in [0.2, 0.25) is 0 Å². The maximum absolute atomic E-state index is 12.9. The molecule has 0 aromatic rings. The van der Waals surface area contributed by atoms with Crippen LogP contribution in [0.5, 0.6) is 0 Å². The number of carbonyl (C=O) groups is 3. The van der Waals surface area contributed by atoms with Crippen LogP contribution in [0.4, 0.5) is 0 Å². The van der Waals surface area contributed by atoms with Crippen LogP contribution in [0.15, 0.2) is 85.1 Å². The summed E-state index contributed by atoms with van der Waals surface area (Å²) in [6.45, 7) is 6.47. The Labute approximate surface area is 471 Å². The third kappa shape index (κ3) is 61.4. The minimum Gasteiger partial charge on any atom is -0.462 e. The standard InChI is InChI=1S/C70H122O6/c1-4-7-10-13-16-19-22-24-26-27-28-29-30-31-32-33-34-35-36-37-38-39-40-41-42-43-45-46-48-51-54-57-60-63-69(72)75-66-67(65-74-68(71)62-59-56-53-50-21-18-15-12-9-6-3)76-70(73)64-61-58-55-52-49-47-44-25-23-20-17-14-11-8-5-2/h7,10,12,15-16,19,24-26,28-29,31-32,44,67H,4-6,8-9,11,13-14,17-18,20-23,27,30,33-43,45-66H2,1-3H3/b10-7-,15-12-,19-16-,26-24-,29-28-,32-31-,44-25-. The summed E-state index contributed by atoms with van der Waals surface area (Å²) >= 11 is 0. The molecule has 76 heavy (non-hydrogen) atoms. The minimum atomic E-state index is -0.781. The van der Waals surface area contributed by atoms with Crippen molar-refractivity contribution in [3.05, 3.63) is 85.1 Å². The van der Waals surface area contributed by atoms with E-state index >= 15 is 0 Å². The first-order valence-corrected chi connectivity index (χ1v) is 32.6. The van der Waals surface area contributed by atoms with E-state index in [1.54, 1.807) is 0 Å². The number of hydrogen-bond donors (Lipinski definition) is 0. The first-order valence-electron chi connectivity index (χ1n) is 32.6. The van der Waals surface area contributed by atoms with E-state index in [4.69, 9.17) is 14.2 Å². The van der Waals surface area contributed by atoms with E-state index in [0.717, 1.165) is 116 Å². The Hall–Kier alpha value is -3.41. The fraction of sp³-hybridized carbons (Fsp3) is 0.757. The lowest BCUT2D eigenvalue weighted by atomic mass is 10.0. The molecule has 6 heteroatoms. The van der Waals surface area contributed by atoms with Gasteiger partial charge in [0.1, 0.15) is 13.2 Å². The number of ether oxygens (including phenoxy) is 3. The normalized spacial score (nSPS) is 12.6. The molecule has 0 aliphatic rings. The highest BCUT2D eigenvalue weighted by molar-refractivity contribution is 5.71. The van der Waals surface area contributed by atoms with Crippen LogP contribution in [0.3, 0.4) is 0 Å². The predicted molar refractivity (Wildman–Crippen MR) is 330 cm³/mol. The molecule has 0 bridgehead atoms. The Morgan fingerprint density at radius 3 is 0.868 bits per heavy atom. The topological polar surface area (TPSA) is 78.9 Å². The van der Waals surface area contributed by atoms with Gasteiger partial charge in [0.15, 0.2) is 6.10 Å². The van der Waals surface area contributed by atoms with Gasteiger partial charge >= 0.3 is 17.9 Å². The van der Waals surface area contributed by atoms with Gasteiger partial charge in [-0.25, -0.2) is 0 Å². The van der Waals surface area contributed by atoms with Gasteiger partial charge in [-0.1, -0.05) is 279 Å². The molecule has 6 nitrogen and oxygen atoms in total. The Morgan fingerprint density at radius 2 is 0.539 bits per heavy atom. The lowest BCUT2D eigenvalue weighted by molar-refractivity contribution is -0.167. The third-order valence-corrected chi connectivity index (χ3v) is 14.1. The van der Waals surface area contributed by atoms with Gasteiger partial charge < -0.3 is 14.2 Å². The van der Waals surface area contributed by atoms with E-state index in [-0.39, 0.29) is 31.1 Å². The van der Waals surface area contributed by atoms with Gasteiger partial charge in [0.25, 0.3) is 0 Å². The first kappa shape index (κ1) is 72.6. The van der Waals surface area contributed by atoms with E-state index in [9.17, 15) is 14.4 Å². The van der Waals surface area contributed by atoms with Crippen molar-refractivity contribution < 1.29 is 28.6 Å². The summed E-state index contributed by atoms with van der Waals surface area (Å²) in [7, 11) is 0. The molecular formula is C70H122O6. The van der Waals surface area contributed by atoms with E-state index in [0.29, 0.717) is 19.3 Å². The lowest BCUT2D eigenvalue weighted by Crippen LogP contribution is -2.30. The SMILES string of the molecule is CC/C=C\C/C=C\C/C=C\C/C=C\C/C=C\CCCCCCCCCCCCCCCCCCCC(=O)OCC(COC(=O)CCCCCCC/C=C\CCC)OC(=O)CCCCCCC/C=C\CCCCCCCC. The van der Waals surface area contributed by atoms with Crippen molar-refractivity contribution in [2.45, 2.75) is 329 Å². The highest BCUT2D eigenvalue weighted by Crippen LogP contribution is 2.17. The van der Waals surface area contributed by atoms with E-state index in [2.05, 4.69) is 106 Å². The summed E-state index contributed by atoms with van der Waals surface area (Å²) in [6.07, 6.45) is 84.7. The Bertz CT molecular complexity index is 1450. The van der Waals surface area contributed by atoms with Gasteiger partial charge in [0.05, 0.1) is 0 Å². The van der Waals surface area contributed by atoms with E-state index < -0.39 is 6.10 Å². The largest absolute Gasteiger partial charge is 0.462 e. The number of esters is 3. The molecule has 0 N–H and O–H groups in total. The van der Waals surface area contributed by atoms with Crippen LogP contribution < -0.4 is 0 Å². The van der Waals surface area contributed by atoms with Crippen molar-refractivity contribution in [3.63, 3.8) is 0 Å². The second-order valence-corrected chi connectivity index (χ2v) is 21.6. The van der Waals surface area contributed by atoms with Crippen LogP contribution in [0.1, 0.15) is 323 Å². The average molecular weight is 1060 g/mol. The molecule has 0 saturated heterocycles. The van der Waals surface area contributed by atoms with Crippen LogP contribution in [0.25, 0.3) is 0 Å². The van der Waals surface area contributed by atoms with Gasteiger partial charge in [0.2, 0.25) is 0 Å². The zero-order chi connectivity index (χ0) is 55.0. The molecule has 0 heterocycles. The van der Waals surface area contributed by atoms with Crippen molar-refractivity contribution >= 4 is 17.9 Å². The van der Waals surface area contributed by atoms with Crippen molar-refractivity contribution in [1.82, 2.24) is 0 Å². The van der Waals surface area contributed by atoms with Crippen LogP contribution in [-0.2, 0) is 28.6 Å². The van der Waals surface area contributed by atoms with Gasteiger partial charge in [-0.2, -0.15) is 0 Å². The monoisotopic (exact) mass is 1060 g/mol. The Morgan fingerprint density at radius 1 is 0.276 bits per heavy atom. The maximum Gasteiger partial charge on any atom is 0.306 e. The van der Waals surface area contributed by atoms with E-state index in [1.807, 2.05) is 0 Å². The Balaban J connectivity index is 4.09. The minimum absolute atomic E-state index is 0.0790. The zero-order valence-electron chi connectivity index (χ0n) is 50.3. The molecule has 0 fully saturated rings. The van der Waals surface area contributed by atoms with Crippen LogP contribution >= 0.6 is 0 Å². The van der Waals surface area contributed by atoms with Gasteiger partial charge in [0, 0.05) is 19.3 Å². The van der Waals surface area contributed by atoms with Crippen molar-refractivity contribution in [1.29, 1.82) is 0 Å². The summed E-state index contributed by atoms with van der Waals surface area (Å²) in [6, 6.07) is 0. The highest BCUT2D eigenvalue weighted by Gasteiger charge is 2.19. The zero-order valence-corrected chi connectivity index (χ0v) is 50.3. The van der Waals surface area contributed by atoms with Crippen LogP contribution in [0, 0.1) is 0 Å². The van der Waals surface area contributed by atoms with Crippen molar-refractivity contribution in [2.75, 3.05) is 13.2 Å². The van der Waals surface area contributed by atoms with Crippen molar-refractivity contribution in [3.8, 4) is 0 Å². The summed E-state index contributed by atoms with van der Waals surface area (Å²) in [4.78, 5) is 38.2. The number of hydrogen-bond acceptors (Lipinski definition) is 6. The summed E-state index contributed by atoms with van der Waals surface area (Å²) in [5, 5.41) is 0. The average Bonchev–Trinajstić information content (AvgIpc) is 3.42. The fourth-order valence-electron chi connectivity index (χ4n) is 9.23. The smallest absolute Gasteiger partial charge is 0.306 e. The number of rotatable bonds is 59. The number of unbranched alkanes of at least 4 members (excludes halogenated alkanes) is 34. The fourth-order valence-corrected chi connectivity index (χ4v) is 9.23. The van der Waals surface area contributed by atoms with E-state index in [1.165, 1.54) is 167 Å². The van der Waals surface area contributed by atoms with Gasteiger partial charge in [-0.3, -0.25) is 14.4 Å². The second kappa shape index (κ2) is 64.1. The molecule has 438 valence electrons. The summed E-state index contributed by atoms with van der Waals surface area (Å²) in [5.74, 6) is -0.887. The predicted octanol–water partition coefficient (Wildman–Crippen LogP) is 22.3. The molecule has 0 aromatic heterocycles. The van der Waals surface area contributed by atoms with Crippen molar-refractivity contribution in [2.24, 2.45) is 0 Å². The molecule has 1 unspecified atom stereocenters. The molecule has 1 atom stereocenters. The maximum atomic E-state index is 12.9. The Kier molecular flexibility index (Phi) is 61.2. The molecular weight excluding hydrogens is 937 g/mol. The molecule has 0 rings (SSSR count). The third-order valence-electron chi connectivity index (χ3n) is 14.1.